The minimum atomic E-state index is -0.454. The number of phenolic OH excluding ortho intramolecular Hbond substituents is 2. The molecule has 0 bridgehead atoms. The van der Waals surface area contributed by atoms with Crippen molar-refractivity contribution >= 4 is 11.9 Å². The molecule has 0 aliphatic rings. The number of rotatable bonds is 26. The van der Waals surface area contributed by atoms with Crippen molar-refractivity contribution < 1.29 is 34.0 Å². The van der Waals surface area contributed by atoms with Crippen LogP contribution in [0.15, 0.2) is 121 Å². The summed E-state index contributed by atoms with van der Waals surface area (Å²) in [6.45, 7) is 35.1. The number of likely N-dealkylation sites (N-methyl/N-ethyl adjacent to an activating group) is 1. The molecule has 0 aliphatic heterocycles. The van der Waals surface area contributed by atoms with Crippen LogP contribution in [0.3, 0.4) is 0 Å². The lowest BCUT2D eigenvalue weighted by Gasteiger charge is -2.20. The number of unbranched alkanes of at least 4 members (excludes halogenated alkanes) is 7. The van der Waals surface area contributed by atoms with Crippen molar-refractivity contribution in [3.63, 3.8) is 0 Å². The summed E-state index contributed by atoms with van der Waals surface area (Å²) in [7, 11) is 1.80. The first-order valence-corrected chi connectivity index (χ1v) is 34.3. The fraction of sp³-hybridized carbons (Fsp3) is 0.457. The number of aromatic nitrogens is 6. The molecule has 8 rings (SSSR count). The third-order valence-electron chi connectivity index (χ3n) is 17.0. The van der Waals surface area contributed by atoms with Gasteiger partial charge in [-0.25, -0.2) is 34.7 Å². The maximum absolute atomic E-state index is 12.8. The van der Waals surface area contributed by atoms with Crippen molar-refractivity contribution in [1.29, 1.82) is 0 Å². The quantitative estimate of drug-likeness (QED) is 0.0386. The van der Waals surface area contributed by atoms with E-state index >= 15 is 0 Å². The number of phenols is 2. The fourth-order valence-electron chi connectivity index (χ4n) is 10.8. The van der Waals surface area contributed by atoms with E-state index in [2.05, 4.69) is 177 Å². The lowest BCUT2D eigenvalue weighted by molar-refractivity contribution is -0.145. The second kappa shape index (κ2) is 33.2. The van der Waals surface area contributed by atoms with Crippen LogP contribution in [0.5, 0.6) is 23.0 Å². The maximum Gasteiger partial charge on any atom is 0.344 e. The number of esters is 1. The van der Waals surface area contributed by atoms with Crippen LogP contribution in [0.25, 0.3) is 68.3 Å². The van der Waals surface area contributed by atoms with Crippen LogP contribution >= 0.6 is 0 Å². The summed E-state index contributed by atoms with van der Waals surface area (Å²) in [6.07, 6.45) is 12.0. The van der Waals surface area contributed by atoms with Crippen LogP contribution in [0.2, 0.25) is 0 Å². The zero-order chi connectivity index (χ0) is 69.3. The number of benzene rings is 6. The Morgan fingerprint density at radius 2 is 0.705 bits per heavy atom. The molecule has 0 spiro atoms. The van der Waals surface area contributed by atoms with Gasteiger partial charge in [-0.05, 0) is 106 Å². The van der Waals surface area contributed by atoms with Gasteiger partial charge in [-0.3, -0.25) is 4.79 Å². The van der Waals surface area contributed by atoms with Gasteiger partial charge in [0.25, 0.3) is 5.91 Å². The largest absolute Gasteiger partial charge is 0.507 e. The number of amides is 1. The Labute approximate surface area is 566 Å². The zero-order valence-corrected chi connectivity index (χ0v) is 59.9. The summed E-state index contributed by atoms with van der Waals surface area (Å²) in [4.78, 5) is 56.1. The Hall–Kier alpha value is -8.52. The van der Waals surface area contributed by atoms with E-state index in [1.54, 1.807) is 31.0 Å². The lowest BCUT2D eigenvalue weighted by atomic mass is 9.86. The first kappa shape index (κ1) is 73.9. The zero-order valence-electron chi connectivity index (χ0n) is 59.9. The van der Waals surface area contributed by atoms with E-state index < -0.39 is 5.97 Å². The molecule has 14 nitrogen and oxygen atoms in total. The molecule has 506 valence electrons. The summed E-state index contributed by atoms with van der Waals surface area (Å²) >= 11 is 0. The van der Waals surface area contributed by atoms with Gasteiger partial charge in [0.2, 0.25) is 0 Å². The van der Waals surface area contributed by atoms with E-state index in [-0.39, 0.29) is 58.9 Å². The summed E-state index contributed by atoms with van der Waals surface area (Å²) in [5.41, 5.74) is 11.2. The normalized spacial score (nSPS) is 11.8. The minimum Gasteiger partial charge on any atom is -0.507 e. The summed E-state index contributed by atoms with van der Waals surface area (Å²) < 4.78 is 17.0. The number of hydrogen-bond donors (Lipinski definition) is 2. The molecule has 2 aromatic heterocycles. The predicted molar refractivity (Wildman–Crippen MR) is 386 cm³/mol. The Balaban J connectivity index is 0.000000269. The van der Waals surface area contributed by atoms with Gasteiger partial charge in [0, 0.05) is 48.0 Å². The molecule has 95 heavy (non-hydrogen) atoms. The van der Waals surface area contributed by atoms with Gasteiger partial charge < -0.3 is 29.3 Å². The molecule has 0 fully saturated rings. The molecule has 0 atom stereocenters. The molecule has 14 heteroatoms. The number of aryl methyl sites for hydroxylation is 2. The molecular formula is C81H105N7O7. The Morgan fingerprint density at radius 1 is 0.400 bits per heavy atom. The standard InChI is InChI=1S/C42H56N4O3.C39H49N3O4/c1-10-12-14-15-16-31-26-34(35(47)27-36(31)49-28-37(48)46(9)25-13-11-2)40-44-38(29-17-21-32(22-18-29)41(3,4)5)43-39(45-40)30-19-23-33(24-20-30)42(6,7)8;1-9-11-12-13-14-28-23-31(32(43)24-33(28)46-25-34(44)45-10-2)37-41-35(26-15-19-29(20-16-26)38(3,4)5)40-36(42-37)27-17-21-30(22-18-27)39(6,7)8/h17-24,26-27,47H,10-16,25,28H2,1-9H3;15-24,43H,9-14,25H2,1-8H3. The van der Waals surface area contributed by atoms with Crippen LogP contribution < -0.4 is 9.47 Å². The van der Waals surface area contributed by atoms with Crippen LogP contribution in [-0.2, 0) is 48.8 Å². The summed E-state index contributed by atoms with van der Waals surface area (Å²) in [5, 5.41) is 22.8. The number of hydrogen-bond acceptors (Lipinski definition) is 13. The monoisotopic (exact) mass is 1290 g/mol. The molecule has 0 unspecified atom stereocenters. The first-order chi connectivity index (χ1) is 45.0. The van der Waals surface area contributed by atoms with Crippen LogP contribution in [-0.4, -0.2) is 90.3 Å². The van der Waals surface area contributed by atoms with Gasteiger partial charge in [-0.15, -0.1) is 0 Å². The number of carbonyl (C=O) groups is 2. The Bertz CT molecular complexity index is 3650. The molecular weight excluding hydrogens is 1180 g/mol. The predicted octanol–water partition coefficient (Wildman–Crippen LogP) is 19.2. The topological polar surface area (TPSA) is 183 Å². The SMILES string of the molecule is CCCCCCc1cc(-c2nc(-c3ccc(C(C)(C)C)cc3)nc(-c3ccc(C(C)(C)C)cc3)n2)c(O)cc1OCC(=O)N(C)CCCC.CCCCCCc1cc(-c2nc(-c3ccc(C(C)(C)C)cc3)nc(-c3ccc(C(C)(C)C)cc3)n2)c(O)cc1OCC(=O)OCC. The van der Waals surface area contributed by atoms with E-state index in [9.17, 15) is 19.8 Å². The number of ether oxygens (including phenoxy) is 3. The molecule has 0 radical (unpaired) electrons. The van der Waals surface area contributed by atoms with E-state index in [0.717, 1.165) is 110 Å². The molecule has 8 aromatic rings. The molecule has 6 aromatic carbocycles. The Morgan fingerprint density at radius 3 is 1.00 bits per heavy atom. The van der Waals surface area contributed by atoms with Crippen molar-refractivity contribution in [2.24, 2.45) is 0 Å². The molecule has 1 amide bonds. The van der Waals surface area contributed by atoms with Gasteiger partial charge in [-0.1, -0.05) is 246 Å². The van der Waals surface area contributed by atoms with Crippen LogP contribution in [0.1, 0.15) is 208 Å². The lowest BCUT2D eigenvalue weighted by Crippen LogP contribution is -2.32. The molecule has 0 aliphatic carbocycles. The van der Waals surface area contributed by atoms with Gasteiger partial charge >= 0.3 is 5.97 Å². The van der Waals surface area contributed by atoms with E-state index in [0.29, 0.717) is 64.1 Å². The smallest absolute Gasteiger partial charge is 0.344 e. The van der Waals surface area contributed by atoms with Crippen molar-refractivity contribution in [1.82, 2.24) is 34.8 Å². The summed E-state index contributed by atoms with van der Waals surface area (Å²) in [5.74, 6) is 3.24. The molecule has 0 saturated heterocycles. The van der Waals surface area contributed by atoms with Crippen molar-refractivity contribution in [3.05, 3.63) is 155 Å². The highest BCUT2D eigenvalue weighted by Gasteiger charge is 2.24. The second-order valence-corrected chi connectivity index (χ2v) is 29.0. The molecule has 0 saturated carbocycles. The number of aromatic hydroxyl groups is 2. The van der Waals surface area contributed by atoms with Crippen LogP contribution in [0, 0.1) is 0 Å². The fourth-order valence-corrected chi connectivity index (χ4v) is 10.8. The number of carbonyl (C=O) groups excluding carboxylic acids is 2. The highest BCUT2D eigenvalue weighted by Crippen LogP contribution is 2.40. The average Bonchev–Trinajstić information content (AvgIpc) is 0.793. The highest BCUT2D eigenvalue weighted by atomic mass is 16.6. The minimum absolute atomic E-state index is 0.00615. The van der Waals surface area contributed by atoms with Crippen molar-refractivity contribution in [3.8, 4) is 91.3 Å². The van der Waals surface area contributed by atoms with Gasteiger partial charge in [0.15, 0.2) is 48.2 Å². The third-order valence-corrected chi connectivity index (χ3v) is 17.0. The van der Waals surface area contributed by atoms with Crippen LogP contribution in [0.4, 0.5) is 0 Å². The second-order valence-electron chi connectivity index (χ2n) is 29.0. The number of nitrogens with zero attached hydrogens (tertiary/aromatic N) is 7. The van der Waals surface area contributed by atoms with E-state index in [4.69, 9.17) is 44.1 Å². The van der Waals surface area contributed by atoms with Crippen molar-refractivity contribution in [2.45, 2.75) is 209 Å². The highest BCUT2D eigenvalue weighted by molar-refractivity contribution is 5.78. The van der Waals surface area contributed by atoms with Crippen molar-refractivity contribution in [2.75, 3.05) is 33.4 Å². The van der Waals surface area contributed by atoms with E-state index in [1.807, 2.05) is 36.4 Å². The molecule has 2 heterocycles. The summed E-state index contributed by atoms with van der Waals surface area (Å²) in [6, 6.07) is 40.3. The van der Waals surface area contributed by atoms with Gasteiger partial charge in [0.05, 0.1) is 17.7 Å². The average molecular weight is 1290 g/mol. The third kappa shape index (κ3) is 21.0. The first-order valence-electron chi connectivity index (χ1n) is 34.3. The molecule has 2 N–H and O–H groups in total. The Kier molecular flexibility index (Phi) is 25.8. The maximum atomic E-state index is 12.8. The van der Waals surface area contributed by atoms with Gasteiger partial charge in [-0.2, -0.15) is 0 Å². The van der Waals surface area contributed by atoms with E-state index in [1.165, 1.54) is 22.3 Å². The van der Waals surface area contributed by atoms with Gasteiger partial charge in [0.1, 0.15) is 23.0 Å².